The minimum atomic E-state index is -1.04. The number of nitrogens with one attached hydrogen (secondary N) is 1. The standard InChI is InChI=1S/C14H16F2N2O2/c15-11-5-4-10(9-12(11)16)14(20)17-6-2-8-18-7-1-3-13(18)19/h4-5,9H,1-3,6-8H2,(H,17,20). The van der Waals surface area contributed by atoms with Crippen LogP contribution in [0.3, 0.4) is 0 Å². The Labute approximate surface area is 115 Å². The first-order chi connectivity index (χ1) is 9.58. The Hall–Kier alpha value is -1.98. The van der Waals surface area contributed by atoms with Crippen molar-refractivity contribution in [1.82, 2.24) is 10.2 Å². The maximum atomic E-state index is 13.0. The molecule has 1 fully saturated rings. The Balaban J connectivity index is 1.74. The third-order valence-corrected chi connectivity index (χ3v) is 3.24. The molecule has 0 radical (unpaired) electrons. The van der Waals surface area contributed by atoms with Crippen molar-refractivity contribution in [3.63, 3.8) is 0 Å². The molecule has 2 rings (SSSR count). The summed E-state index contributed by atoms with van der Waals surface area (Å²) in [5, 5.41) is 2.62. The van der Waals surface area contributed by atoms with Gasteiger partial charge in [-0.25, -0.2) is 8.78 Å². The highest BCUT2D eigenvalue weighted by Gasteiger charge is 2.19. The van der Waals surface area contributed by atoms with E-state index < -0.39 is 17.5 Å². The van der Waals surface area contributed by atoms with Crippen LogP contribution in [-0.2, 0) is 4.79 Å². The second-order valence-corrected chi connectivity index (χ2v) is 4.72. The first kappa shape index (κ1) is 14.4. The lowest BCUT2D eigenvalue weighted by atomic mass is 10.2. The lowest BCUT2D eigenvalue weighted by Crippen LogP contribution is -2.30. The van der Waals surface area contributed by atoms with Gasteiger partial charge in [-0.1, -0.05) is 0 Å². The van der Waals surface area contributed by atoms with E-state index >= 15 is 0 Å². The fourth-order valence-electron chi connectivity index (χ4n) is 2.15. The number of nitrogens with zero attached hydrogens (tertiary/aromatic N) is 1. The van der Waals surface area contributed by atoms with Gasteiger partial charge in [-0.15, -0.1) is 0 Å². The number of halogens is 2. The predicted octanol–water partition coefficient (Wildman–Crippen LogP) is 1.71. The van der Waals surface area contributed by atoms with Crippen LogP contribution in [0.4, 0.5) is 8.78 Å². The molecule has 1 saturated heterocycles. The lowest BCUT2D eigenvalue weighted by Gasteiger charge is -2.15. The summed E-state index contributed by atoms with van der Waals surface area (Å²) in [4.78, 5) is 24.8. The smallest absolute Gasteiger partial charge is 0.251 e. The van der Waals surface area contributed by atoms with E-state index in [1.807, 2.05) is 0 Å². The molecule has 2 amide bonds. The van der Waals surface area contributed by atoms with Crippen molar-refractivity contribution < 1.29 is 18.4 Å². The number of hydrogen-bond acceptors (Lipinski definition) is 2. The van der Waals surface area contributed by atoms with E-state index in [1.165, 1.54) is 6.07 Å². The first-order valence-corrected chi connectivity index (χ1v) is 6.59. The molecule has 0 aromatic heterocycles. The Morgan fingerprint density at radius 2 is 2.10 bits per heavy atom. The van der Waals surface area contributed by atoms with Crippen LogP contribution in [0.2, 0.25) is 0 Å². The zero-order valence-corrected chi connectivity index (χ0v) is 11.0. The molecule has 4 nitrogen and oxygen atoms in total. The van der Waals surface area contributed by atoms with Crippen LogP contribution in [0.1, 0.15) is 29.6 Å². The first-order valence-electron chi connectivity index (χ1n) is 6.59. The largest absolute Gasteiger partial charge is 0.352 e. The second-order valence-electron chi connectivity index (χ2n) is 4.72. The average molecular weight is 282 g/mol. The summed E-state index contributed by atoms with van der Waals surface area (Å²) in [7, 11) is 0. The van der Waals surface area contributed by atoms with Crippen molar-refractivity contribution in [3.05, 3.63) is 35.4 Å². The van der Waals surface area contributed by atoms with Crippen LogP contribution in [-0.4, -0.2) is 36.3 Å². The molecule has 0 bridgehead atoms. The van der Waals surface area contributed by atoms with Gasteiger partial charge in [0.2, 0.25) is 5.91 Å². The van der Waals surface area contributed by atoms with Crippen molar-refractivity contribution in [2.24, 2.45) is 0 Å². The van der Waals surface area contributed by atoms with E-state index in [4.69, 9.17) is 0 Å². The summed E-state index contributed by atoms with van der Waals surface area (Å²) in [6.45, 7) is 1.77. The van der Waals surface area contributed by atoms with Gasteiger partial charge in [-0.05, 0) is 31.0 Å². The number of carbonyl (C=O) groups is 2. The molecule has 1 aromatic carbocycles. The highest BCUT2D eigenvalue weighted by Crippen LogP contribution is 2.10. The molecule has 1 heterocycles. The van der Waals surface area contributed by atoms with Crippen LogP contribution in [0.25, 0.3) is 0 Å². The zero-order chi connectivity index (χ0) is 14.5. The van der Waals surface area contributed by atoms with E-state index in [9.17, 15) is 18.4 Å². The minimum Gasteiger partial charge on any atom is -0.352 e. The van der Waals surface area contributed by atoms with Gasteiger partial charge in [-0.3, -0.25) is 9.59 Å². The van der Waals surface area contributed by atoms with Crippen LogP contribution in [0, 0.1) is 11.6 Å². The van der Waals surface area contributed by atoms with Gasteiger partial charge < -0.3 is 10.2 Å². The Bertz CT molecular complexity index is 520. The third-order valence-electron chi connectivity index (χ3n) is 3.24. The maximum Gasteiger partial charge on any atom is 0.251 e. The van der Waals surface area contributed by atoms with Crippen molar-refractivity contribution in [1.29, 1.82) is 0 Å². The molecule has 0 aliphatic carbocycles. The number of carbonyl (C=O) groups excluding carboxylic acids is 2. The lowest BCUT2D eigenvalue weighted by molar-refractivity contribution is -0.127. The number of rotatable bonds is 5. The molecule has 108 valence electrons. The summed E-state index contributed by atoms with van der Waals surface area (Å²) in [6, 6.07) is 3.03. The van der Waals surface area contributed by atoms with Crippen LogP contribution < -0.4 is 5.32 Å². The van der Waals surface area contributed by atoms with E-state index in [1.54, 1.807) is 4.90 Å². The summed E-state index contributed by atoms with van der Waals surface area (Å²) >= 11 is 0. The molecule has 1 N–H and O–H groups in total. The summed E-state index contributed by atoms with van der Waals surface area (Å²) in [5.41, 5.74) is 0.0844. The molecule has 0 unspecified atom stereocenters. The third kappa shape index (κ3) is 3.53. The summed E-state index contributed by atoms with van der Waals surface area (Å²) in [5.74, 6) is -2.32. The molecule has 0 saturated carbocycles. The van der Waals surface area contributed by atoms with E-state index in [2.05, 4.69) is 5.32 Å². The molecule has 0 atom stereocenters. The topological polar surface area (TPSA) is 49.4 Å². The van der Waals surface area contributed by atoms with E-state index in [0.717, 1.165) is 25.1 Å². The Morgan fingerprint density at radius 1 is 1.30 bits per heavy atom. The minimum absolute atomic E-state index is 0.0844. The van der Waals surface area contributed by atoms with Gasteiger partial charge in [0.15, 0.2) is 11.6 Å². The van der Waals surface area contributed by atoms with Crippen molar-refractivity contribution in [2.45, 2.75) is 19.3 Å². The Morgan fingerprint density at radius 3 is 2.75 bits per heavy atom. The van der Waals surface area contributed by atoms with Gasteiger partial charge >= 0.3 is 0 Å². The average Bonchev–Trinajstić information content (AvgIpc) is 2.83. The van der Waals surface area contributed by atoms with Crippen LogP contribution in [0.15, 0.2) is 18.2 Å². The molecule has 0 spiro atoms. The number of likely N-dealkylation sites (tertiary alicyclic amines) is 1. The number of benzene rings is 1. The SMILES string of the molecule is O=C(NCCCN1CCCC1=O)c1ccc(F)c(F)c1. The number of hydrogen-bond donors (Lipinski definition) is 1. The highest BCUT2D eigenvalue weighted by atomic mass is 19.2. The molecular weight excluding hydrogens is 266 g/mol. The van der Waals surface area contributed by atoms with Crippen LogP contribution in [0.5, 0.6) is 0 Å². The van der Waals surface area contributed by atoms with E-state index in [0.29, 0.717) is 25.9 Å². The molecule has 1 aliphatic rings. The number of amides is 2. The van der Waals surface area contributed by atoms with E-state index in [-0.39, 0.29) is 11.5 Å². The fourth-order valence-corrected chi connectivity index (χ4v) is 2.15. The molecule has 20 heavy (non-hydrogen) atoms. The predicted molar refractivity (Wildman–Crippen MR) is 69.1 cm³/mol. The fraction of sp³-hybridized carbons (Fsp3) is 0.429. The molecule has 6 heteroatoms. The Kier molecular flexibility index (Phi) is 4.65. The van der Waals surface area contributed by atoms with Gasteiger partial charge in [0.1, 0.15) is 0 Å². The normalized spacial score (nSPS) is 14.7. The summed E-state index contributed by atoms with van der Waals surface area (Å²) in [6.07, 6.45) is 2.13. The zero-order valence-electron chi connectivity index (χ0n) is 11.0. The van der Waals surface area contributed by atoms with Crippen molar-refractivity contribution in [3.8, 4) is 0 Å². The van der Waals surface area contributed by atoms with Crippen LogP contribution >= 0.6 is 0 Å². The van der Waals surface area contributed by atoms with Gasteiger partial charge in [-0.2, -0.15) is 0 Å². The second kappa shape index (κ2) is 6.45. The van der Waals surface area contributed by atoms with Gasteiger partial charge in [0.25, 0.3) is 5.91 Å². The molecule has 1 aliphatic heterocycles. The quantitative estimate of drug-likeness (QED) is 0.836. The molecular formula is C14H16F2N2O2. The molecule has 1 aromatic rings. The van der Waals surface area contributed by atoms with Crippen molar-refractivity contribution >= 4 is 11.8 Å². The van der Waals surface area contributed by atoms with Gasteiger partial charge in [0, 0.05) is 31.6 Å². The van der Waals surface area contributed by atoms with Gasteiger partial charge in [0.05, 0.1) is 0 Å². The highest BCUT2D eigenvalue weighted by molar-refractivity contribution is 5.94. The monoisotopic (exact) mass is 282 g/mol. The maximum absolute atomic E-state index is 13.0. The summed E-state index contributed by atoms with van der Waals surface area (Å²) < 4.78 is 25.7. The van der Waals surface area contributed by atoms with Crippen molar-refractivity contribution in [2.75, 3.05) is 19.6 Å².